The molecule has 6 nitrogen and oxygen atoms in total. The highest BCUT2D eigenvalue weighted by molar-refractivity contribution is 7.87. The van der Waals surface area contributed by atoms with Crippen LogP contribution >= 0.6 is 11.3 Å². The van der Waals surface area contributed by atoms with Gasteiger partial charge in [0.15, 0.2) is 0 Å². The summed E-state index contributed by atoms with van der Waals surface area (Å²) in [5, 5.41) is 9.82. The van der Waals surface area contributed by atoms with Crippen LogP contribution in [0.1, 0.15) is 28.1 Å². The molecule has 0 unspecified atom stereocenters. The number of thiophene rings is 1. The Morgan fingerprint density at radius 3 is 2.61 bits per heavy atom. The highest BCUT2D eigenvalue weighted by atomic mass is 32.2. The Morgan fingerprint density at radius 2 is 2.00 bits per heavy atom. The Balaban J connectivity index is 2.16. The van der Waals surface area contributed by atoms with Gasteiger partial charge in [-0.3, -0.25) is 4.18 Å². The van der Waals surface area contributed by atoms with Crippen LogP contribution in [-0.2, 0) is 23.8 Å². The van der Waals surface area contributed by atoms with Crippen molar-refractivity contribution < 1.29 is 27.2 Å². The second-order valence-electron chi connectivity index (χ2n) is 5.40. The van der Waals surface area contributed by atoms with E-state index in [1.807, 2.05) is 0 Å². The van der Waals surface area contributed by atoms with E-state index in [0.717, 1.165) is 17.2 Å². The Kier molecular flexibility index (Phi) is 4.18. The topological polar surface area (TPSA) is 89.9 Å². The first-order chi connectivity index (χ1) is 10.9. The number of hydrogen-bond acceptors (Lipinski definition) is 6. The zero-order valence-electron chi connectivity index (χ0n) is 12.4. The van der Waals surface area contributed by atoms with Gasteiger partial charge in [-0.2, -0.15) is 8.42 Å². The maximum Gasteiger partial charge on any atom is 0.345 e. The number of aromatic carboxylic acids is 1. The van der Waals surface area contributed by atoms with Gasteiger partial charge in [0.2, 0.25) is 0 Å². The van der Waals surface area contributed by atoms with Crippen molar-refractivity contribution in [2.45, 2.75) is 17.6 Å². The Morgan fingerprint density at radius 1 is 1.30 bits per heavy atom. The summed E-state index contributed by atoms with van der Waals surface area (Å²) in [5.74, 6) is -0.988. The minimum Gasteiger partial charge on any atom is -0.477 e. The third-order valence-corrected chi connectivity index (χ3v) is 7.40. The van der Waals surface area contributed by atoms with Gasteiger partial charge < -0.3 is 9.84 Å². The van der Waals surface area contributed by atoms with Crippen LogP contribution in [0.15, 0.2) is 24.3 Å². The van der Waals surface area contributed by atoms with E-state index >= 15 is 0 Å². The van der Waals surface area contributed by atoms with Crippen LogP contribution in [0, 0.1) is 0 Å². The summed E-state index contributed by atoms with van der Waals surface area (Å²) in [4.78, 5) is 11.3. The average molecular weight is 356 g/mol. The molecule has 8 heteroatoms. The molecule has 23 heavy (non-hydrogen) atoms. The number of hydrogen-bond donors (Lipinski definition) is 1. The maximum absolute atomic E-state index is 12.6. The van der Waals surface area contributed by atoms with Gasteiger partial charge in [-0.25, -0.2) is 4.79 Å². The fourth-order valence-corrected chi connectivity index (χ4v) is 5.26. The molecule has 1 fully saturated rings. The second-order valence-corrected chi connectivity index (χ2v) is 8.50. The van der Waals surface area contributed by atoms with Crippen molar-refractivity contribution in [3.63, 3.8) is 0 Å². The molecule has 124 valence electrons. The van der Waals surface area contributed by atoms with E-state index in [4.69, 9.17) is 14.0 Å². The monoisotopic (exact) mass is 356 g/mol. The maximum atomic E-state index is 12.6. The molecule has 3 rings (SSSR count). The lowest BCUT2D eigenvalue weighted by molar-refractivity contribution is 0.0702. The van der Waals surface area contributed by atoms with Gasteiger partial charge in [0.05, 0.1) is 7.11 Å². The second kappa shape index (κ2) is 5.86. The summed E-state index contributed by atoms with van der Waals surface area (Å²) < 4.78 is 34.9. The quantitative estimate of drug-likeness (QED) is 0.847. The Labute approximate surface area is 137 Å². The fraction of sp³-hybridized carbons (Fsp3) is 0.400. The lowest BCUT2D eigenvalue weighted by atomic mass is 9.90. The van der Waals surface area contributed by atoms with Crippen LogP contribution in [0.25, 0.3) is 10.1 Å². The molecule has 0 bridgehead atoms. The number of benzene rings is 1. The zero-order valence-corrected chi connectivity index (χ0v) is 14.1. The summed E-state index contributed by atoms with van der Waals surface area (Å²) in [7, 11) is -2.64. The molecule has 0 spiro atoms. The number of carboxylic acids is 1. The number of carboxylic acid groups (broad SMARTS) is 1. The Bertz CT molecular complexity index is 846. The smallest absolute Gasteiger partial charge is 0.345 e. The SMILES string of the molecule is COS(=O)(=O)C1(c2ccc3sc(C(=O)O)cc3c2)CCOCC1. The molecule has 0 aliphatic carbocycles. The van der Waals surface area contributed by atoms with Crippen molar-refractivity contribution in [1.29, 1.82) is 0 Å². The van der Waals surface area contributed by atoms with Crippen LogP contribution in [0.4, 0.5) is 0 Å². The van der Waals surface area contributed by atoms with Crippen molar-refractivity contribution in [3.8, 4) is 0 Å². The summed E-state index contributed by atoms with van der Waals surface area (Å²) in [6.07, 6.45) is 0.620. The molecule has 2 heterocycles. The van der Waals surface area contributed by atoms with E-state index in [9.17, 15) is 13.2 Å². The lowest BCUT2D eigenvalue weighted by Gasteiger charge is -2.35. The van der Waals surface area contributed by atoms with Crippen LogP contribution in [-0.4, -0.2) is 39.8 Å². The van der Waals surface area contributed by atoms with E-state index < -0.39 is 20.8 Å². The average Bonchev–Trinajstić information content (AvgIpc) is 2.98. The number of rotatable bonds is 4. The normalized spacial score (nSPS) is 18.1. The van der Waals surface area contributed by atoms with Crippen molar-refractivity contribution in [1.82, 2.24) is 0 Å². The first kappa shape index (κ1) is 16.4. The fourth-order valence-electron chi connectivity index (χ4n) is 2.98. The first-order valence-corrected chi connectivity index (χ1v) is 9.27. The minimum absolute atomic E-state index is 0.229. The minimum atomic E-state index is -3.81. The predicted octanol–water partition coefficient (Wildman–Crippen LogP) is 2.58. The van der Waals surface area contributed by atoms with Crippen LogP contribution in [0.5, 0.6) is 0 Å². The molecule has 0 atom stereocenters. The van der Waals surface area contributed by atoms with Crippen molar-refractivity contribution >= 4 is 37.5 Å². The molecule has 0 amide bonds. The van der Waals surface area contributed by atoms with Gasteiger partial charge in [-0.05, 0) is 42.0 Å². The van der Waals surface area contributed by atoms with E-state index in [1.54, 1.807) is 24.3 Å². The third kappa shape index (κ3) is 2.65. The molecule has 1 saturated heterocycles. The molecular weight excluding hydrogens is 340 g/mol. The van der Waals surface area contributed by atoms with Crippen molar-refractivity contribution in [2.75, 3.05) is 20.3 Å². The molecule has 1 aromatic heterocycles. The van der Waals surface area contributed by atoms with Gasteiger partial charge in [0.25, 0.3) is 10.1 Å². The predicted molar refractivity (Wildman–Crippen MR) is 86.4 cm³/mol. The number of carbonyl (C=O) groups is 1. The van der Waals surface area contributed by atoms with E-state index in [2.05, 4.69) is 0 Å². The van der Waals surface area contributed by atoms with Gasteiger partial charge in [0, 0.05) is 17.9 Å². The lowest BCUT2D eigenvalue weighted by Crippen LogP contribution is -2.41. The van der Waals surface area contributed by atoms with Gasteiger partial charge in [-0.1, -0.05) is 6.07 Å². The van der Waals surface area contributed by atoms with Gasteiger partial charge in [0.1, 0.15) is 9.62 Å². The first-order valence-electron chi connectivity index (χ1n) is 7.05. The largest absolute Gasteiger partial charge is 0.477 e. The van der Waals surface area contributed by atoms with Gasteiger partial charge in [-0.15, -0.1) is 11.3 Å². The summed E-state index contributed by atoms with van der Waals surface area (Å²) in [6.45, 7) is 0.676. The highest BCUT2D eigenvalue weighted by Crippen LogP contribution is 2.42. The van der Waals surface area contributed by atoms with Gasteiger partial charge >= 0.3 is 5.97 Å². The molecule has 0 saturated carbocycles. The zero-order chi connectivity index (χ0) is 16.7. The van der Waals surface area contributed by atoms with Crippen LogP contribution < -0.4 is 0 Å². The van der Waals surface area contributed by atoms with E-state index in [-0.39, 0.29) is 4.88 Å². The van der Waals surface area contributed by atoms with Crippen LogP contribution in [0.2, 0.25) is 0 Å². The van der Waals surface area contributed by atoms with E-state index in [1.165, 1.54) is 11.3 Å². The molecule has 1 aliphatic rings. The molecule has 1 aliphatic heterocycles. The van der Waals surface area contributed by atoms with Crippen molar-refractivity contribution in [2.24, 2.45) is 0 Å². The molecule has 0 radical (unpaired) electrons. The highest BCUT2D eigenvalue weighted by Gasteiger charge is 2.47. The standard InChI is InChI=1S/C15H16O6S2/c1-20-23(18,19)15(4-6-21-7-5-15)11-2-3-12-10(8-11)9-13(22-12)14(16)17/h2-3,8-9H,4-7H2,1H3,(H,16,17). The third-order valence-electron chi connectivity index (χ3n) is 4.25. The van der Waals surface area contributed by atoms with Crippen molar-refractivity contribution in [3.05, 3.63) is 34.7 Å². The molecule has 1 aromatic carbocycles. The molecule has 1 N–H and O–H groups in total. The number of ether oxygens (including phenoxy) is 1. The Hall–Kier alpha value is -1.48. The van der Waals surface area contributed by atoms with Crippen LogP contribution in [0.3, 0.4) is 0 Å². The summed E-state index contributed by atoms with van der Waals surface area (Å²) in [5.41, 5.74) is 0.616. The molecule has 2 aromatic rings. The summed E-state index contributed by atoms with van der Waals surface area (Å²) >= 11 is 1.17. The summed E-state index contributed by atoms with van der Waals surface area (Å²) in [6, 6.07) is 6.83. The number of fused-ring (bicyclic) bond motifs is 1. The van der Waals surface area contributed by atoms with E-state index in [0.29, 0.717) is 31.6 Å². The molecular formula is C15H16O6S2.